The normalized spacial score (nSPS) is 12.1. The van der Waals surface area contributed by atoms with Gasteiger partial charge in [-0.15, -0.1) is 0 Å². The number of hydrogen-bond acceptors (Lipinski definition) is 4. The van der Waals surface area contributed by atoms with E-state index in [0.29, 0.717) is 4.31 Å². The molecule has 0 aliphatic rings. The Morgan fingerprint density at radius 1 is 1.53 bits per heavy atom. The van der Waals surface area contributed by atoms with Gasteiger partial charge >= 0.3 is 5.97 Å². The summed E-state index contributed by atoms with van der Waals surface area (Å²) in [5.41, 5.74) is 0. The maximum atomic E-state index is 13.5. The van der Waals surface area contributed by atoms with Gasteiger partial charge in [0.25, 0.3) is 10.0 Å². The minimum Gasteiger partial charge on any atom is -0.480 e. The van der Waals surface area contributed by atoms with Gasteiger partial charge in [0.2, 0.25) is 5.03 Å². The number of sulfonamides is 1. The summed E-state index contributed by atoms with van der Waals surface area (Å²) in [6.07, 6.45) is 1.14. The van der Waals surface area contributed by atoms with Crippen LogP contribution in [0, 0.1) is 11.7 Å². The van der Waals surface area contributed by atoms with Crippen molar-refractivity contribution in [3.63, 3.8) is 0 Å². The molecule has 0 aromatic carbocycles. The summed E-state index contributed by atoms with van der Waals surface area (Å²) < 4.78 is 38.6. The van der Waals surface area contributed by atoms with Gasteiger partial charge in [0.1, 0.15) is 6.54 Å². The number of carboxylic acids is 1. The molecule has 0 bridgehead atoms. The number of aromatic nitrogens is 1. The standard InChI is InChI=1S/C11H15FN2O4S/c1-8(2)6-14(7-10(15)16)19(17,18)11-9(12)4-3-5-13-11/h3-5,8H,6-7H2,1-2H3,(H,15,16). The minimum absolute atomic E-state index is 0.0232. The molecule has 106 valence electrons. The highest BCUT2D eigenvalue weighted by Gasteiger charge is 2.30. The third-order valence-electron chi connectivity index (χ3n) is 2.19. The molecule has 8 heteroatoms. The minimum atomic E-state index is -4.26. The highest BCUT2D eigenvalue weighted by atomic mass is 32.2. The van der Waals surface area contributed by atoms with Crippen molar-refractivity contribution in [2.24, 2.45) is 5.92 Å². The molecule has 1 rings (SSSR count). The Morgan fingerprint density at radius 3 is 2.63 bits per heavy atom. The Morgan fingerprint density at radius 2 is 2.16 bits per heavy atom. The van der Waals surface area contributed by atoms with E-state index in [0.717, 1.165) is 12.3 Å². The summed E-state index contributed by atoms with van der Waals surface area (Å²) in [5.74, 6) is -2.40. The Hall–Kier alpha value is -1.54. The van der Waals surface area contributed by atoms with E-state index in [-0.39, 0.29) is 12.5 Å². The largest absolute Gasteiger partial charge is 0.480 e. The second-order valence-electron chi connectivity index (χ2n) is 4.38. The van der Waals surface area contributed by atoms with E-state index in [4.69, 9.17) is 5.11 Å². The van der Waals surface area contributed by atoms with E-state index in [1.165, 1.54) is 6.07 Å². The van der Waals surface area contributed by atoms with E-state index in [9.17, 15) is 17.6 Å². The van der Waals surface area contributed by atoms with E-state index in [2.05, 4.69) is 4.98 Å². The Balaban J connectivity index is 3.19. The monoisotopic (exact) mass is 290 g/mol. The lowest BCUT2D eigenvalue weighted by molar-refractivity contribution is -0.137. The molecule has 1 aromatic rings. The summed E-state index contributed by atoms with van der Waals surface area (Å²) in [6.45, 7) is 2.72. The summed E-state index contributed by atoms with van der Waals surface area (Å²) in [4.78, 5) is 14.2. The van der Waals surface area contributed by atoms with Crippen molar-refractivity contribution in [3.8, 4) is 0 Å². The van der Waals surface area contributed by atoms with Gasteiger partial charge in [0, 0.05) is 12.7 Å². The fraction of sp³-hybridized carbons (Fsp3) is 0.455. The molecular weight excluding hydrogens is 275 g/mol. The lowest BCUT2D eigenvalue weighted by Gasteiger charge is -2.21. The predicted molar refractivity (Wildman–Crippen MR) is 65.4 cm³/mol. The number of aliphatic carboxylic acids is 1. The molecule has 6 nitrogen and oxygen atoms in total. The lowest BCUT2D eigenvalue weighted by Crippen LogP contribution is -2.39. The van der Waals surface area contributed by atoms with Crippen molar-refractivity contribution in [2.75, 3.05) is 13.1 Å². The molecule has 1 heterocycles. The second-order valence-corrected chi connectivity index (χ2v) is 6.23. The number of carbonyl (C=O) groups is 1. The van der Waals surface area contributed by atoms with E-state index in [1.54, 1.807) is 13.8 Å². The van der Waals surface area contributed by atoms with Crippen LogP contribution in [0.5, 0.6) is 0 Å². The molecule has 1 N–H and O–H groups in total. The van der Waals surface area contributed by atoms with Crippen LogP contribution in [0.15, 0.2) is 23.4 Å². The van der Waals surface area contributed by atoms with E-state index < -0.39 is 33.4 Å². The third kappa shape index (κ3) is 3.97. The number of rotatable bonds is 6. The Bertz CT molecular complexity index is 560. The molecule has 19 heavy (non-hydrogen) atoms. The zero-order valence-corrected chi connectivity index (χ0v) is 11.4. The summed E-state index contributed by atoms with van der Waals surface area (Å²) >= 11 is 0. The number of nitrogens with zero attached hydrogens (tertiary/aromatic N) is 2. The topological polar surface area (TPSA) is 87.6 Å². The van der Waals surface area contributed by atoms with Crippen LogP contribution >= 0.6 is 0 Å². The van der Waals surface area contributed by atoms with Crippen LogP contribution in [-0.4, -0.2) is 41.9 Å². The molecule has 0 unspecified atom stereocenters. The van der Waals surface area contributed by atoms with Gasteiger partial charge in [0.15, 0.2) is 5.82 Å². The quantitative estimate of drug-likeness (QED) is 0.843. The molecule has 0 aliphatic carbocycles. The number of carboxylic acid groups (broad SMARTS) is 1. The average molecular weight is 290 g/mol. The van der Waals surface area contributed by atoms with Crippen LogP contribution in [0.1, 0.15) is 13.8 Å². The summed E-state index contributed by atoms with van der Waals surface area (Å²) in [6, 6.07) is 2.23. The fourth-order valence-electron chi connectivity index (χ4n) is 1.49. The molecule has 0 atom stereocenters. The Kier molecular flexibility index (Phi) is 4.96. The molecule has 0 fully saturated rings. The number of halogens is 1. The van der Waals surface area contributed by atoms with Crippen molar-refractivity contribution < 1.29 is 22.7 Å². The van der Waals surface area contributed by atoms with Crippen molar-refractivity contribution in [1.82, 2.24) is 9.29 Å². The van der Waals surface area contributed by atoms with Crippen LogP contribution in [0.2, 0.25) is 0 Å². The lowest BCUT2D eigenvalue weighted by atomic mass is 10.2. The smallest absolute Gasteiger partial charge is 0.318 e. The van der Waals surface area contributed by atoms with Gasteiger partial charge < -0.3 is 5.11 Å². The third-order valence-corrected chi connectivity index (χ3v) is 3.94. The predicted octanol–water partition coefficient (Wildman–Crippen LogP) is 0.952. The van der Waals surface area contributed by atoms with Gasteiger partial charge in [-0.3, -0.25) is 4.79 Å². The van der Waals surface area contributed by atoms with Gasteiger partial charge in [-0.2, -0.15) is 4.31 Å². The first-order chi connectivity index (χ1) is 8.75. The van der Waals surface area contributed by atoms with Crippen LogP contribution < -0.4 is 0 Å². The van der Waals surface area contributed by atoms with Crippen molar-refractivity contribution in [3.05, 3.63) is 24.1 Å². The molecule has 0 spiro atoms. The number of hydrogen-bond donors (Lipinski definition) is 1. The zero-order valence-electron chi connectivity index (χ0n) is 10.6. The van der Waals surface area contributed by atoms with Crippen LogP contribution in [-0.2, 0) is 14.8 Å². The van der Waals surface area contributed by atoms with E-state index >= 15 is 0 Å². The van der Waals surface area contributed by atoms with Crippen LogP contribution in [0.4, 0.5) is 4.39 Å². The van der Waals surface area contributed by atoms with Crippen LogP contribution in [0.25, 0.3) is 0 Å². The highest BCUT2D eigenvalue weighted by Crippen LogP contribution is 2.17. The molecule has 1 aromatic heterocycles. The summed E-state index contributed by atoms with van der Waals surface area (Å²) in [5, 5.41) is 8.00. The fourth-order valence-corrected chi connectivity index (χ4v) is 3.02. The zero-order chi connectivity index (χ0) is 14.6. The highest BCUT2D eigenvalue weighted by molar-refractivity contribution is 7.89. The summed E-state index contributed by atoms with van der Waals surface area (Å²) in [7, 11) is -4.26. The molecular formula is C11H15FN2O4S. The van der Waals surface area contributed by atoms with Crippen molar-refractivity contribution in [2.45, 2.75) is 18.9 Å². The first-order valence-corrected chi connectivity index (χ1v) is 7.01. The van der Waals surface area contributed by atoms with Gasteiger partial charge in [0.05, 0.1) is 0 Å². The molecule has 0 amide bonds. The first kappa shape index (κ1) is 15.5. The van der Waals surface area contributed by atoms with Crippen LogP contribution in [0.3, 0.4) is 0 Å². The SMILES string of the molecule is CC(C)CN(CC(=O)O)S(=O)(=O)c1ncccc1F. The molecule has 0 aliphatic heterocycles. The van der Waals surface area contributed by atoms with Crippen molar-refractivity contribution in [1.29, 1.82) is 0 Å². The van der Waals surface area contributed by atoms with Gasteiger partial charge in [-0.05, 0) is 18.1 Å². The van der Waals surface area contributed by atoms with Crippen molar-refractivity contribution >= 4 is 16.0 Å². The molecule has 0 saturated carbocycles. The van der Waals surface area contributed by atoms with E-state index in [1.807, 2.05) is 0 Å². The van der Waals surface area contributed by atoms with Gasteiger partial charge in [-0.25, -0.2) is 17.8 Å². The van der Waals surface area contributed by atoms with Gasteiger partial charge in [-0.1, -0.05) is 13.8 Å². The first-order valence-electron chi connectivity index (χ1n) is 5.57. The maximum Gasteiger partial charge on any atom is 0.318 e. The number of pyridine rings is 1. The Labute approximate surface area is 110 Å². The maximum absolute atomic E-state index is 13.5. The molecule has 0 radical (unpaired) electrons. The average Bonchev–Trinajstić information content (AvgIpc) is 2.27. The second kappa shape index (κ2) is 6.07. The molecule has 0 saturated heterocycles.